The number of aryl methyl sites for hydroxylation is 1. The maximum atomic E-state index is 12.2. The van der Waals surface area contributed by atoms with E-state index in [9.17, 15) is 4.79 Å². The molecule has 1 aromatic heterocycles. The van der Waals surface area contributed by atoms with Gasteiger partial charge in [-0.15, -0.1) is 0 Å². The Morgan fingerprint density at radius 1 is 1.20 bits per heavy atom. The molecule has 2 aromatic rings. The van der Waals surface area contributed by atoms with Gasteiger partial charge in [0.05, 0.1) is 5.56 Å². The van der Waals surface area contributed by atoms with Crippen LogP contribution in [0.2, 0.25) is 0 Å². The van der Waals surface area contributed by atoms with Gasteiger partial charge in [0.25, 0.3) is 5.91 Å². The first-order valence-electron chi connectivity index (χ1n) is 6.64. The number of nitrogens with one attached hydrogen (secondary N) is 1. The lowest BCUT2D eigenvalue weighted by Gasteiger charge is -2.12. The van der Waals surface area contributed by atoms with E-state index < -0.39 is 0 Å². The van der Waals surface area contributed by atoms with Crippen molar-refractivity contribution in [3.05, 3.63) is 53.7 Å². The Balaban J connectivity index is 2.15. The minimum Gasteiger partial charge on any atom is -0.363 e. The van der Waals surface area contributed by atoms with Crippen LogP contribution in [0.5, 0.6) is 0 Å². The largest absolute Gasteiger partial charge is 0.363 e. The Bertz CT molecular complexity index is 591. The van der Waals surface area contributed by atoms with Crippen LogP contribution in [0.1, 0.15) is 22.8 Å². The van der Waals surface area contributed by atoms with Gasteiger partial charge in [-0.1, -0.05) is 25.1 Å². The van der Waals surface area contributed by atoms with Crippen LogP contribution >= 0.6 is 0 Å². The summed E-state index contributed by atoms with van der Waals surface area (Å²) in [6.45, 7) is 2.07. The number of amides is 1. The molecule has 1 N–H and O–H groups in total. The zero-order chi connectivity index (χ0) is 14.5. The van der Waals surface area contributed by atoms with Gasteiger partial charge in [-0.2, -0.15) is 0 Å². The van der Waals surface area contributed by atoms with Gasteiger partial charge >= 0.3 is 0 Å². The number of nitrogens with zero attached hydrogens (tertiary/aromatic N) is 2. The summed E-state index contributed by atoms with van der Waals surface area (Å²) < 4.78 is 0. The summed E-state index contributed by atoms with van der Waals surface area (Å²) in [4.78, 5) is 18.3. The van der Waals surface area contributed by atoms with Crippen LogP contribution in [0.4, 0.5) is 11.5 Å². The zero-order valence-electron chi connectivity index (χ0n) is 12.1. The third-order valence-corrected chi connectivity index (χ3v) is 3.11. The summed E-state index contributed by atoms with van der Waals surface area (Å²) in [5.74, 6) is 0.694. The van der Waals surface area contributed by atoms with Gasteiger partial charge in [0.15, 0.2) is 0 Å². The Kier molecular flexibility index (Phi) is 4.35. The summed E-state index contributed by atoms with van der Waals surface area (Å²) in [5, 5.41) is 2.93. The summed E-state index contributed by atoms with van der Waals surface area (Å²) in [6.07, 6.45) is 2.48. The molecule has 0 saturated carbocycles. The van der Waals surface area contributed by atoms with Crippen molar-refractivity contribution in [2.24, 2.45) is 0 Å². The lowest BCUT2D eigenvalue weighted by atomic mass is 10.1. The third-order valence-electron chi connectivity index (χ3n) is 3.11. The van der Waals surface area contributed by atoms with E-state index in [0.717, 1.165) is 23.5 Å². The fourth-order valence-corrected chi connectivity index (χ4v) is 1.93. The Morgan fingerprint density at radius 3 is 2.55 bits per heavy atom. The highest BCUT2D eigenvalue weighted by Gasteiger charge is 2.09. The predicted octanol–water partition coefficient (Wildman–Crippen LogP) is 2.96. The average Bonchev–Trinajstić information content (AvgIpc) is 2.48. The molecule has 0 spiro atoms. The maximum absolute atomic E-state index is 12.2. The molecule has 4 heteroatoms. The van der Waals surface area contributed by atoms with E-state index in [1.165, 1.54) is 0 Å². The van der Waals surface area contributed by atoms with Gasteiger partial charge in [0.1, 0.15) is 5.82 Å². The number of anilines is 2. The Hall–Kier alpha value is -2.36. The topological polar surface area (TPSA) is 45.2 Å². The number of pyridine rings is 1. The second-order valence-electron chi connectivity index (χ2n) is 4.76. The molecule has 1 amide bonds. The number of para-hydroxylation sites is 1. The van der Waals surface area contributed by atoms with E-state index in [2.05, 4.69) is 17.2 Å². The van der Waals surface area contributed by atoms with Crippen LogP contribution in [0.15, 0.2) is 42.6 Å². The molecular formula is C16H19N3O. The molecule has 0 aliphatic carbocycles. The van der Waals surface area contributed by atoms with Crippen molar-refractivity contribution in [3.63, 3.8) is 0 Å². The molecule has 4 nitrogen and oxygen atoms in total. The smallest absolute Gasteiger partial charge is 0.257 e. The van der Waals surface area contributed by atoms with E-state index >= 15 is 0 Å². The summed E-state index contributed by atoms with van der Waals surface area (Å²) in [5.41, 5.74) is 2.54. The maximum Gasteiger partial charge on any atom is 0.257 e. The minimum atomic E-state index is -0.135. The molecule has 1 aromatic carbocycles. The van der Waals surface area contributed by atoms with Gasteiger partial charge in [-0.3, -0.25) is 4.79 Å². The van der Waals surface area contributed by atoms with Crippen molar-refractivity contribution in [1.82, 2.24) is 4.98 Å². The molecule has 1 heterocycles. The molecule has 0 radical (unpaired) electrons. The predicted molar refractivity (Wildman–Crippen MR) is 82.3 cm³/mol. The lowest BCUT2D eigenvalue weighted by molar-refractivity contribution is 0.102. The monoisotopic (exact) mass is 269 g/mol. The van der Waals surface area contributed by atoms with Crippen LogP contribution < -0.4 is 10.2 Å². The fourth-order valence-electron chi connectivity index (χ4n) is 1.93. The van der Waals surface area contributed by atoms with Crippen LogP contribution in [0, 0.1) is 0 Å². The van der Waals surface area contributed by atoms with Crippen LogP contribution in [-0.2, 0) is 6.42 Å². The molecule has 0 fully saturated rings. The second kappa shape index (κ2) is 6.19. The number of carbonyl (C=O) groups excluding carboxylic acids is 1. The van der Waals surface area contributed by atoms with Crippen LogP contribution in [0.25, 0.3) is 0 Å². The highest BCUT2D eigenvalue weighted by molar-refractivity contribution is 6.04. The van der Waals surface area contributed by atoms with Gasteiger partial charge in [-0.25, -0.2) is 4.98 Å². The molecule has 0 bridgehead atoms. The van der Waals surface area contributed by atoms with Gasteiger partial charge in [0.2, 0.25) is 0 Å². The number of hydrogen-bond donors (Lipinski definition) is 1. The van der Waals surface area contributed by atoms with Crippen LogP contribution in [-0.4, -0.2) is 25.0 Å². The van der Waals surface area contributed by atoms with Crippen molar-refractivity contribution in [2.45, 2.75) is 13.3 Å². The van der Waals surface area contributed by atoms with E-state index in [1.807, 2.05) is 49.3 Å². The van der Waals surface area contributed by atoms with Gasteiger partial charge < -0.3 is 10.2 Å². The van der Waals surface area contributed by atoms with Gasteiger partial charge in [-0.05, 0) is 30.2 Å². The fraction of sp³-hybridized carbons (Fsp3) is 0.250. The molecule has 0 aliphatic heterocycles. The SMILES string of the molecule is CCc1ccccc1NC(=O)c1ccc(N(C)C)nc1. The van der Waals surface area contributed by atoms with Gasteiger partial charge in [0, 0.05) is 26.0 Å². The molecule has 104 valence electrons. The molecule has 0 atom stereocenters. The highest BCUT2D eigenvalue weighted by Crippen LogP contribution is 2.17. The van der Waals surface area contributed by atoms with Crippen molar-refractivity contribution in [2.75, 3.05) is 24.3 Å². The standard InChI is InChI=1S/C16H19N3O/c1-4-12-7-5-6-8-14(12)18-16(20)13-9-10-15(17-11-13)19(2)3/h5-11H,4H2,1-3H3,(H,18,20). The zero-order valence-corrected chi connectivity index (χ0v) is 12.1. The Labute approximate surface area is 119 Å². The average molecular weight is 269 g/mol. The number of carbonyl (C=O) groups is 1. The van der Waals surface area contributed by atoms with Crippen molar-refractivity contribution in [1.29, 1.82) is 0 Å². The summed E-state index contributed by atoms with van der Waals surface area (Å²) >= 11 is 0. The minimum absolute atomic E-state index is 0.135. The molecule has 2 rings (SSSR count). The van der Waals surface area contributed by atoms with E-state index in [1.54, 1.807) is 12.3 Å². The van der Waals surface area contributed by atoms with Crippen molar-refractivity contribution >= 4 is 17.4 Å². The van der Waals surface area contributed by atoms with E-state index in [0.29, 0.717) is 5.56 Å². The summed E-state index contributed by atoms with van der Waals surface area (Å²) in [6, 6.07) is 11.4. The number of benzene rings is 1. The molecular weight excluding hydrogens is 250 g/mol. The summed E-state index contributed by atoms with van der Waals surface area (Å²) in [7, 11) is 3.83. The second-order valence-corrected chi connectivity index (χ2v) is 4.76. The number of aromatic nitrogens is 1. The number of hydrogen-bond acceptors (Lipinski definition) is 3. The molecule has 0 saturated heterocycles. The quantitative estimate of drug-likeness (QED) is 0.928. The highest BCUT2D eigenvalue weighted by atomic mass is 16.1. The molecule has 20 heavy (non-hydrogen) atoms. The third kappa shape index (κ3) is 3.15. The van der Waals surface area contributed by atoms with Crippen molar-refractivity contribution < 1.29 is 4.79 Å². The molecule has 0 unspecified atom stereocenters. The van der Waals surface area contributed by atoms with E-state index in [-0.39, 0.29) is 5.91 Å². The van der Waals surface area contributed by atoms with Crippen LogP contribution in [0.3, 0.4) is 0 Å². The first kappa shape index (κ1) is 14.1. The van der Waals surface area contributed by atoms with Crippen molar-refractivity contribution in [3.8, 4) is 0 Å². The lowest BCUT2D eigenvalue weighted by Crippen LogP contribution is -2.15. The normalized spacial score (nSPS) is 10.2. The molecule has 0 aliphatic rings. The van der Waals surface area contributed by atoms with E-state index in [4.69, 9.17) is 0 Å². The Morgan fingerprint density at radius 2 is 1.95 bits per heavy atom. The first-order valence-corrected chi connectivity index (χ1v) is 6.64. The number of rotatable bonds is 4. The first-order chi connectivity index (χ1) is 9.61.